The first-order chi connectivity index (χ1) is 5.83. The third-order valence-electron chi connectivity index (χ3n) is 2.74. The zero-order chi connectivity index (χ0) is 8.55. The van der Waals surface area contributed by atoms with Gasteiger partial charge in [-0.15, -0.1) is 0 Å². The first kappa shape index (κ1) is 7.87. The molecule has 0 aromatic carbocycles. The van der Waals surface area contributed by atoms with Crippen LogP contribution in [0.15, 0.2) is 10.7 Å². The van der Waals surface area contributed by atoms with Crippen LogP contribution in [-0.4, -0.2) is 0 Å². The molecule has 2 nitrogen and oxygen atoms in total. The van der Waals surface area contributed by atoms with Crippen LogP contribution in [0.25, 0.3) is 0 Å². The van der Waals surface area contributed by atoms with Gasteiger partial charge in [0.05, 0.1) is 12.8 Å². The number of rotatable bonds is 2. The molecule has 0 amide bonds. The molecule has 0 aliphatic carbocycles. The van der Waals surface area contributed by atoms with Crippen LogP contribution in [-0.2, 0) is 13.1 Å². The van der Waals surface area contributed by atoms with Crippen molar-refractivity contribution in [3.63, 3.8) is 0 Å². The van der Waals surface area contributed by atoms with Crippen molar-refractivity contribution in [1.82, 2.24) is 5.32 Å². The minimum Gasteiger partial charge on any atom is -0.467 e. The SMILES string of the molecule is CCC(C)c1coc2c1CNC2. The fraction of sp³-hybridized carbons (Fsp3) is 0.600. The van der Waals surface area contributed by atoms with Gasteiger partial charge >= 0.3 is 0 Å². The van der Waals surface area contributed by atoms with Crippen LogP contribution in [0.1, 0.15) is 43.1 Å². The maximum atomic E-state index is 5.47. The number of hydrogen-bond acceptors (Lipinski definition) is 2. The molecule has 0 saturated carbocycles. The minimum atomic E-state index is 0.636. The lowest BCUT2D eigenvalue weighted by Crippen LogP contribution is -2.02. The summed E-state index contributed by atoms with van der Waals surface area (Å²) in [6.07, 6.45) is 3.12. The molecule has 1 aromatic heterocycles. The van der Waals surface area contributed by atoms with Crippen molar-refractivity contribution in [1.29, 1.82) is 0 Å². The van der Waals surface area contributed by atoms with Crippen molar-refractivity contribution < 1.29 is 4.42 Å². The Hall–Kier alpha value is -0.760. The second-order valence-corrected chi connectivity index (χ2v) is 3.51. The molecule has 1 unspecified atom stereocenters. The quantitative estimate of drug-likeness (QED) is 0.728. The Morgan fingerprint density at radius 3 is 3.17 bits per heavy atom. The van der Waals surface area contributed by atoms with E-state index < -0.39 is 0 Å². The molecule has 12 heavy (non-hydrogen) atoms. The Kier molecular flexibility index (Phi) is 1.93. The maximum Gasteiger partial charge on any atom is 0.122 e. The summed E-state index contributed by atoms with van der Waals surface area (Å²) in [6, 6.07) is 0. The van der Waals surface area contributed by atoms with Crippen LogP contribution in [0.2, 0.25) is 0 Å². The number of fused-ring (bicyclic) bond motifs is 1. The topological polar surface area (TPSA) is 25.2 Å². The van der Waals surface area contributed by atoms with E-state index in [9.17, 15) is 0 Å². The second kappa shape index (κ2) is 2.94. The van der Waals surface area contributed by atoms with E-state index in [1.54, 1.807) is 0 Å². The van der Waals surface area contributed by atoms with Gasteiger partial charge in [-0.25, -0.2) is 0 Å². The Morgan fingerprint density at radius 2 is 2.42 bits per heavy atom. The molecule has 1 aliphatic rings. The van der Waals surface area contributed by atoms with Crippen LogP contribution < -0.4 is 5.32 Å². The normalized spacial score (nSPS) is 17.8. The third kappa shape index (κ3) is 1.07. The molecule has 0 spiro atoms. The zero-order valence-corrected chi connectivity index (χ0v) is 7.68. The molecule has 2 heteroatoms. The summed E-state index contributed by atoms with van der Waals surface area (Å²) in [5.41, 5.74) is 2.81. The highest BCUT2D eigenvalue weighted by atomic mass is 16.3. The van der Waals surface area contributed by atoms with Gasteiger partial charge in [-0.3, -0.25) is 0 Å². The second-order valence-electron chi connectivity index (χ2n) is 3.51. The Labute approximate surface area is 73.0 Å². The monoisotopic (exact) mass is 165 g/mol. The zero-order valence-electron chi connectivity index (χ0n) is 7.68. The summed E-state index contributed by atoms with van der Waals surface area (Å²) in [7, 11) is 0. The van der Waals surface area contributed by atoms with Crippen molar-refractivity contribution in [2.24, 2.45) is 0 Å². The fourth-order valence-corrected chi connectivity index (χ4v) is 1.72. The lowest BCUT2D eigenvalue weighted by molar-refractivity contribution is 0.500. The molecular weight excluding hydrogens is 150 g/mol. The summed E-state index contributed by atoms with van der Waals surface area (Å²) in [5, 5.41) is 3.29. The molecular formula is C10H15NO. The van der Waals surface area contributed by atoms with E-state index in [2.05, 4.69) is 19.2 Å². The van der Waals surface area contributed by atoms with Crippen LogP contribution >= 0.6 is 0 Å². The van der Waals surface area contributed by atoms with Crippen molar-refractivity contribution in [2.75, 3.05) is 0 Å². The number of hydrogen-bond donors (Lipinski definition) is 1. The van der Waals surface area contributed by atoms with Crippen LogP contribution in [0.5, 0.6) is 0 Å². The van der Waals surface area contributed by atoms with Gasteiger partial charge in [-0.05, 0) is 17.9 Å². The Bertz CT molecular complexity index is 277. The van der Waals surface area contributed by atoms with E-state index in [0.717, 1.165) is 18.8 Å². The van der Waals surface area contributed by atoms with Crippen molar-refractivity contribution in [2.45, 2.75) is 39.3 Å². The number of nitrogens with one attached hydrogen (secondary N) is 1. The largest absolute Gasteiger partial charge is 0.467 e. The van der Waals surface area contributed by atoms with E-state index in [0.29, 0.717) is 5.92 Å². The van der Waals surface area contributed by atoms with Gasteiger partial charge in [0.2, 0.25) is 0 Å². The fourth-order valence-electron chi connectivity index (χ4n) is 1.72. The molecule has 0 fully saturated rings. The molecule has 1 N–H and O–H groups in total. The van der Waals surface area contributed by atoms with Crippen molar-refractivity contribution in [3.8, 4) is 0 Å². The minimum absolute atomic E-state index is 0.636. The smallest absolute Gasteiger partial charge is 0.122 e. The molecule has 0 bridgehead atoms. The van der Waals surface area contributed by atoms with E-state index in [1.807, 2.05) is 6.26 Å². The summed E-state index contributed by atoms with van der Waals surface area (Å²) >= 11 is 0. The molecule has 1 aliphatic heterocycles. The third-order valence-corrected chi connectivity index (χ3v) is 2.74. The Morgan fingerprint density at radius 1 is 1.58 bits per heavy atom. The standard InChI is InChI=1S/C10H15NO/c1-3-7(2)9-6-12-10-5-11-4-8(9)10/h6-7,11H,3-5H2,1-2H3. The van der Waals surface area contributed by atoms with Gasteiger partial charge in [-0.2, -0.15) is 0 Å². The van der Waals surface area contributed by atoms with Crippen molar-refractivity contribution >= 4 is 0 Å². The van der Waals surface area contributed by atoms with Gasteiger partial charge in [0, 0.05) is 12.1 Å². The van der Waals surface area contributed by atoms with E-state index in [1.165, 1.54) is 17.5 Å². The predicted molar refractivity (Wildman–Crippen MR) is 48.0 cm³/mol. The average Bonchev–Trinajstić information content (AvgIpc) is 2.62. The number of furan rings is 1. The highest BCUT2D eigenvalue weighted by Gasteiger charge is 2.20. The highest BCUT2D eigenvalue weighted by Crippen LogP contribution is 2.29. The van der Waals surface area contributed by atoms with Gasteiger partial charge in [0.1, 0.15) is 5.76 Å². The van der Waals surface area contributed by atoms with Gasteiger partial charge in [0.15, 0.2) is 0 Å². The summed E-state index contributed by atoms with van der Waals surface area (Å²) in [6.45, 7) is 6.37. The van der Waals surface area contributed by atoms with Gasteiger partial charge in [0.25, 0.3) is 0 Å². The molecule has 2 heterocycles. The maximum absolute atomic E-state index is 5.47. The van der Waals surface area contributed by atoms with Gasteiger partial charge < -0.3 is 9.73 Å². The predicted octanol–water partition coefficient (Wildman–Crippen LogP) is 2.40. The lowest BCUT2D eigenvalue weighted by atomic mass is 9.97. The van der Waals surface area contributed by atoms with E-state index >= 15 is 0 Å². The van der Waals surface area contributed by atoms with Crippen molar-refractivity contribution in [3.05, 3.63) is 23.2 Å². The molecule has 0 radical (unpaired) electrons. The van der Waals surface area contributed by atoms with Crippen LogP contribution in [0.3, 0.4) is 0 Å². The lowest BCUT2D eigenvalue weighted by Gasteiger charge is -2.06. The molecule has 1 aromatic rings. The summed E-state index contributed by atoms with van der Waals surface area (Å²) in [5.74, 6) is 1.78. The van der Waals surface area contributed by atoms with Crippen LogP contribution in [0.4, 0.5) is 0 Å². The average molecular weight is 165 g/mol. The van der Waals surface area contributed by atoms with Crippen LogP contribution in [0, 0.1) is 0 Å². The van der Waals surface area contributed by atoms with Gasteiger partial charge in [-0.1, -0.05) is 13.8 Å². The van der Waals surface area contributed by atoms with E-state index in [4.69, 9.17) is 4.42 Å². The highest BCUT2D eigenvalue weighted by molar-refractivity contribution is 5.33. The van der Waals surface area contributed by atoms with E-state index in [-0.39, 0.29) is 0 Å². The first-order valence-electron chi connectivity index (χ1n) is 4.62. The molecule has 66 valence electrons. The molecule has 2 rings (SSSR count). The molecule has 1 atom stereocenters. The first-order valence-corrected chi connectivity index (χ1v) is 4.62. The summed E-state index contributed by atoms with van der Waals surface area (Å²) < 4.78 is 5.47. The Balaban J connectivity index is 2.33. The summed E-state index contributed by atoms with van der Waals surface area (Å²) in [4.78, 5) is 0. The molecule has 0 saturated heterocycles.